The quantitative estimate of drug-likeness (QED) is 0.462. The van der Waals surface area contributed by atoms with Gasteiger partial charge in [-0.05, 0) is 23.6 Å². The van der Waals surface area contributed by atoms with Crippen molar-refractivity contribution in [3.8, 4) is 11.6 Å². The number of nitrogen functional groups attached to an aromatic ring is 1. The molecule has 0 aliphatic heterocycles. The van der Waals surface area contributed by atoms with Crippen LogP contribution in [0.5, 0.6) is 11.6 Å². The molecule has 3 aromatic carbocycles. The summed E-state index contributed by atoms with van der Waals surface area (Å²) < 4.78 is 5.93. The monoisotopic (exact) mass is 371 g/mol. The van der Waals surface area contributed by atoms with Crippen LogP contribution in [0.3, 0.4) is 0 Å². The standard InChI is InChI=1S/C21H17N5O2/c22-18-19(25-26-20(27)15-8-2-1-3-9-15)23-13-24-21(18)28-17-12-6-10-14-7-4-5-11-16(14)17/h1-13H,22H2,(H,26,27)(H,23,24,25). The maximum atomic E-state index is 12.2. The molecule has 0 bridgehead atoms. The minimum absolute atomic E-state index is 0.184. The van der Waals surface area contributed by atoms with Gasteiger partial charge in [0.1, 0.15) is 17.8 Å². The minimum atomic E-state index is -0.310. The first kappa shape index (κ1) is 17.3. The van der Waals surface area contributed by atoms with Gasteiger partial charge in [0.25, 0.3) is 5.91 Å². The number of nitrogens with one attached hydrogen (secondary N) is 2. The zero-order valence-corrected chi connectivity index (χ0v) is 14.8. The van der Waals surface area contributed by atoms with Crippen molar-refractivity contribution in [3.05, 3.63) is 84.7 Å². The number of amides is 1. The van der Waals surface area contributed by atoms with Crippen molar-refractivity contribution in [1.29, 1.82) is 0 Å². The van der Waals surface area contributed by atoms with E-state index in [1.165, 1.54) is 6.33 Å². The summed E-state index contributed by atoms with van der Waals surface area (Å²) in [6, 6.07) is 22.4. The Balaban J connectivity index is 1.54. The molecule has 0 saturated carbocycles. The van der Waals surface area contributed by atoms with Crippen LogP contribution in [0.25, 0.3) is 10.8 Å². The molecule has 0 atom stereocenters. The number of ether oxygens (including phenoxy) is 1. The third kappa shape index (κ3) is 3.54. The lowest BCUT2D eigenvalue weighted by Gasteiger charge is -2.13. The lowest BCUT2D eigenvalue weighted by Crippen LogP contribution is -2.30. The third-order valence-corrected chi connectivity index (χ3v) is 4.13. The fourth-order valence-electron chi connectivity index (χ4n) is 2.73. The van der Waals surface area contributed by atoms with Gasteiger partial charge in [-0.2, -0.15) is 4.98 Å². The van der Waals surface area contributed by atoms with E-state index in [9.17, 15) is 4.79 Å². The average Bonchev–Trinajstić information content (AvgIpc) is 2.75. The number of rotatable bonds is 5. The van der Waals surface area contributed by atoms with E-state index in [-0.39, 0.29) is 23.3 Å². The number of hydrogen-bond acceptors (Lipinski definition) is 6. The van der Waals surface area contributed by atoms with Gasteiger partial charge >= 0.3 is 0 Å². The van der Waals surface area contributed by atoms with Crippen LogP contribution in [-0.2, 0) is 0 Å². The largest absolute Gasteiger partial charge is 0.436 e. The van der Waals surface area contributed by atoms with Crippen LogP contribution in [0.2, 0.25) is 0 Å². The lowest BCUT2D eigenvalue weighted by molar-refractivity contribution is 0.0962. The molecule has 28 heavy (non-hydrogen) atoms. The molecule has 0 saturated heterocycles. The molecule has 0 spiro atoms. The minimum Gasteiger partial charge on any atom is -0.436 e. The SMILES string of the molecule is Nc1c(NNC(=O)c2ccccc2)ncnc1Oc1cccc2ccccc12. The Labute approximate surface area is 161 Å². The normalized spacial score (nSPS) is 10.4. The van der Waals surface area contributed by atoms with E-state index in [1.54, 1.807) is 24.3 Å². The van der Waals surface area contributed by atoms with E-state index in [1.807, 2.05) is 48.5 Å². The van der Waals surface area contributed by atoms with E-state index >= 15 is 0 Å². The molecule has 4 rings (SSSR count). The number of anilines is 2. The Hall–Kier alpha value is -4.13. The Morgan fingerprint density at radius 1 is 0.893 bits per heavy atom. The van der Waals surface area contributed by atoms with Crippen LogP contribution in [0.4, 0.5) is 11.5 Å². The Morgan fingerprint density at radius 3 is 2.50 bits per heavy atom. The van der Waals surface area contributed by atoms with Gasteiger partial charge in [-0.1, -0.05) is 54.6 Å². The molecule has 4 N–H and O–H groups in total. The molecule has 7 nitrogen and oxygen atoms in total. The number of aromatic nitrogens is 2. The van der Waals surface area contributed by atoms with E-state index in [2.05, 4.69) is 20.8 Å². The summed E-state index contributed by atoms with van der Waals surface area (Å²) in [5, 5.41) is 1.98. The Kier molecular flexibility index (Phi) is 4.71. The van der Waals surface area contributed by atoms with Crippen LogP contribution in [-0.4, -0.2) is 15.9 Å². The van der Waals surface area contributed by atoms with Gasteiger partial charge in [0.15, 0.2) is 5.82 Å². The van der Waals surface area contributed by atoms with Gasteiger partial charge in [-0.3, -0.25) is 15.6 Å². The predicted molar refractivity (Wildman–Crippen MR) is 108 cm³/mol. The van der Waals surface area contributed by atoms with Gasteiger partial charge in [0.05, 0.1) is 0 Å². The number of hydrogen-bond donors (Lipinski definition) is 3. The van der Waals surface area contributed by atoms with Gasteiger partial charge in [0, 0.05) is 10.9 Å². The topological polar surface area (TPSA) is 102 Å². The van der Waals surface area contributed by atoms with Crippen molar-refractivity contribution in [3.63, 3.8) is 0 Å². The van der Waals surface area contributed by atoms with E-state index < -0.39 is 0 Å². The molecule has 1 aromatic heterocycles. The van der Waals surface area contributed by atoms with Crippen LogP contribution < -0.4 is 21.3 Å². The number of nitrogens with zero attached hydrogens (tertiary/aromatic N) is 2. The summed E-state index contributed by atoms with van der Waals surface area (Å²) in [7, 11) is 0. The summed E-state index contributed by atoms with van der Waals surface area (Å²) in [5.41, 5.74) is 12.1. The van der Waals surface area contributed by atoms with Crippen molar-refractivity contribution >= 4 is 28.2 Å². The fourth-order valence-corrected chi connectivity index (χ4v) is 2.73. The zero-order valence-electron chi connectivity index (χ0n) is 14.8. The molecule has 0 radical (unpaired) electrons. The summed E-state index contributed by atoms with van der Waals surface area (Å²) in [6.45, 7) is 0. The maximum absolute atomic E-state index is 12.2. The summed E-state index contributed by atoms with van der Waals surface area (Å²) in [4.78, 5) is 20.3. The van der Waals surface area contributed by atoms with Crippen molar-refractivity contribution in [2.24, 2.45) is 0 Å². The van der Waals surface area contributed by atoms with Crippen molar-refractivity contribution in [2.75, 3.05) is 11.2 Å². The fraction of sp³-hybridized carbons (Fsp3) is 0. The maximum Gasteiger partial charge on any atom is 0.269 e. The van der Waals surface area contributed by atoms with Gasteiger partial charge in [-0.15, -0.1) is 0 Å². The highest BCUT2D eigenvalue weighted by atomic mass is 16.5. The van der Waals surface area contributed by atoms with E-state index in [0.717, 1.165) is 10.8 Å². The second kappa shape index (κ2) is 7.63. The number of fused-ring (bicyclic) bond motifs is 1. The average molecular weight is 371 g/mol. The predicted octanol–water partition coefficient (Wildman–Crippen LogP) is 3.76. The third-order valence-electron chi connectivity index (χ3n) is 4.13. The number of carbonyl (C=O) groups is 1. The highest BCUT2D eigenvalue weighted by Crippen LogP contribution is 2.33. The molecule has 0 aliphatic carbocycles. The molecular formula is C21H17N5O2. The zero-order chi connectivity index (χ0) is 19.3. The summed E-state index contributed by atoms with van der Waals surface area (Å²) in [5.74, 6) is 0.759. The Morgan fingerprint density at radius 2 is 1.64 bits per heavy atom. The van der Waals surface area contributed by atoms with E-state index in [4.69, 9.17) is 10.5 Å². The number of hydrazine groups is 1. The number of carbonyl (C=O) groups excluding carboxylic acids is 1. The second-order valence-corrected chi connectivity index (χ2v) is 5.97. The molecule has 1 heterocycles. The molecule has 1 amide bonds. The Bertz CT molecular complexity index is 1130. The van der Waals surface area contributed by atoms with Gasteiger partial charge < -0.3 is 10.5 Å². The highest BCUT2D eigenvalue weighted by molar-refractivity contribution is 5.95. The van der Waals surface area contributed by atoms with Crippen molar-refractivity contribution in [1.82, 2.24) is 15.4 Å². The van der Waals surface area contributed by atoms with Crippen LogP contribution >= 0.6 is 0 Å². The molecular weight excluding hydrogens is 354 g/mol. The highest BCUT2D eigenvalue weighted by Gasteiger charge is 2.13. The first-order chi connectivity index (χ1) is 13.7. The van der Waals surface area contributed by atoms with Crippen LogP contribution in [0, 0.1) is 0 Å². The molecule has 0 fully saturated rings. The first-order valence-corrected chi connectivity index (χ1v) is 8.60. The molecule has 4 aromatic rings. The van der Waals surface area contributed by atoms with Crippen molar-refractivity contribution in [2.45, 2.75) is 0 Å². The summed E-state index contributed by atoms with van der Waals surface area (Å²) >= 11 is 0. The van der Waals surface area contributed by atoms with Gasteiger partial charge in [0.2, 0.25) is 5.88 Å². The van der Waals surface area contributed by atoms with Gasteiger partial charge in [-0.25, -0.2) is 4.98 Å². The number of benzene rings is 3. The van der Waals surface area contributed by atoms with E-state index in [0.29, 0.717) is 11.3 Å². The number of nitrogens with two attached hydrogens (primary N) is 1. The van der Waals surface area contributed by atoms with Crippen LogP contribution in [0.15, 0.2) is 79.1 Å². The molecule has 0 aliphatic rings. The first-order valence-electron chi connectivity index (χ1n) is 8.60. The summed E-state index contributed by atoms with van der Waals surface area (Å²) in [6.07, 6.45) is 1.31. The van der Waals surface area contributed by atoms with Crippen molar-refractivity contribution < 1.29 is 9.53 Å². The van der Waals surface area contributed by atoms with Crippen LogP contribution in [0.1, 0.15) is 10.4 Å². The molecule has 0 unspecified atom stereocenters. The molecule has 7 heteroatoms. The lowest BCUT2D eigenvalue weighted by atomic mass is 10.1. The molecule has 138 valence electrons. The smallest absolute Gasteiger partial charge is 0.269 e. The second-order valence-electron chi connectivity index (χ2n) is 5.97.